The molecule has 0 spiro atoms. The molecular weight excluding hydrogens is 484 g/mol. The molecule has 0 saturated carbocycles. The number of rotatable bonds is 15. The molecule has 2 heterocycles. The lowest BCUT2D eigenvalue weighted by atomic mass is 9.96. The fourth-order valence-electron chi connectivity index (χ4n) is 5.23. The number of fused-ring (bicyclic) bond motifs is 1. The molecule has 1 aliphatic rings. The van der Waals surface area contributed by atoms with Crippen molar-refractivity contribution >= 4 is 16.8 Å². The third-order valence-electron chi connectivity index (χ3n) is 7.38. The number of allylic oxidation sites excluding steroid dienone is 4. The number of nitrogens with one attached hydrogen (secondary N) is 1. The van der Waals surface area contributed by atoms with E-state index in [0.29, 0.717) is 31.5 Å². The van der Waals surface area contributed by atoms with Crippen molar-refractivity contribution in [1.82, 2.24) is 9.88 Å². The second kappa shape index (κ2) is 14.7. The number of hydrogen-bond acceptors (Lipinski definition) is 7. The van der Waals surface area contributed by atoms with Crippen molar-refractivity contribution in [3.63, 3.8) is 0 Å². The number of carbonyl (C=O) groups is 1. The van der Waals surface area contributed by atoms with Crippen molar-refractivity contribution in [1.29, 1.82) is 0 Å². The van der Waals surface area contributed by atoms with Crippen molar-refractivity contribution in [2.24, 2.45) is 0 Å². The first-order chi connectivity index (χ1) is 18.4. The van der Waals surface area contributed by atoms with Crippen LogP contribution in [-0.4, -0.2) is 49.1 Å². The summed E-state index contributed by atoms with van der Waals surface area (Å²) in [5.41, 5.74) is 0.117. The van der Waals surface area contributed by atoms with Gasteiger partial charge in [-0.25, -0.2) is 4.57 Å². The number of hydrogen-bond donors (Lipinski definition) is 6. The summed E-state index contributed by atoms with van der Waals surface area (Å²) in [6.07, 6.45) is 21.4. The van der Waals surface area contributed by atoms with Crippen LogP contribution in [0.15, 0.2) is 24.3 Å². The highest BCUT2D eigenvalue weighted by molar-refractivity contribution is 6.06. The number of unbranched alkanes of at least 4 members (excludes halogenated alkanes) is 8. The summed E-state index contributed by atoms with van der Waals surface area (Å²) in [6, 6.07) is 0. The van der Waals surface area contributed by atoms with Gasteiger partial charge in [-0.1, -0.05) is 63.3 Å². The quantitative estimate of drug-likeness (QED) is 0.0655. The predicted molar refractivity (Wildman–Crippen MR) is 150 cm³/mol. The van der Waals surface area contributed by atoms with E-state index in [2.05, 4.69) is 36.5 Å². The van der Waals surface area contributed by atoms with E-state index in [9.17, 15) is 30.3 Å². The Morgan fingerprint density at radius 1 is 0.842 bits per heavy atom. The van der Waals surface area contributed by atoms with Crippen LogP contribution in [0.1, 0.15) is 107 Å². The highest BCUT2D eigenvalue weighted by Crippen LogP contribution is 2.54. The van der Waals surface area contributed by atoms with E-state index in [0.717, 1.165) is 43.1 Å². The fourth-order valence-corrected chi connectivity index (χ4v) is 5.23. The molecule has 1 aromatic carbocycles. The lowest BCUT2D eigenvalue weighted by Gasteiger charge is -2.10. The van der Waals surface area contributed by atoms with Gasteiger partial charge < -0.3 is 30.8 Å². The monoisotopic (exact) mass is 528 g/mol. The van der Waals surface area contributed by atoms with E-state index in [-0.39, 0.29) is 29.1 Å². The Balaban J connectivity index is 1.51. The summed E-state index contributed by atoms with van der Waals surface area (Å²) in [7, 11) is 0. The number of aromatic hydroxyl groups is 5. The molecular formula is C30H44N2O6. The minimum absolute atomic E-state index is 0.00242. The summed E-state index contributed by atoms with van der Waals surface area (Å²) >= 11 is 0. The van der Waals surface area contributed by atoms with Crippen LogP contribution >= 0.6 is 0 Å². The Morgan fingerprint density at radius 3 is 2.13 bits per heavy atom. The molecule has 1 atom stereocenters. The zero-order chi connectivity index (χ0) is 27.5. The van der Waals surface area contributed by atoms with Gasteiger partial charge in [0.15, 0.2) is 11.5 Å². The Labute approximate surface area is 225 Å². The van der Waals surface area contributed by atoms with E-state index in [1.54, 1.807) is 0 Å². The maximum Gasteiger partial charge on any atom is 0.234 e. The highest BCUT2D eigenvalue weighted by Gasteiger charge is 2.34. The summed E-state index contributed by atoms with van der Waals surface area (Å²) < 4.78 is 0.972. The molecule has 3 rings (SSSR count). The first-order valence-corrected chi connectivity index (χ1v) is 14.2. The van der Waals surface area contributed by atoms with Gasteiger partial charge in [0.25, 0.3) is 0 Å². The zero-order valence-corrected chi connectivity index (χ0v) is 22.6. The van der Waals surface area contributed by atoms with Gasteiger partial charge in [0.05, 0.1) is 5.39 Å². The van der Waals surface area contributed by atoms with Gasteiger partial charge in [-0.15, -0.1) is 0 Å². The minimum atomic E-state index is -0.922. The third-order valence-corrected chi connectivity index (χ3v) is 7.38. The SMILES string of the molecule is CCCCC/C=C\C/C=C\CCCCCCCC(=O)n1c(O)c([C@@H]2CCNC2)c2c(O)c(O)c(O)c(O)c21. The van der Waals surface area contributed by atoms with E-state index >= 15 is 0 Å². The smallest absolute Gasteiger partial charge is 0.234 e. The molecule has 1 aromatic heterocycles. The maximum atomic E-state index is 13.1. The molecule has 8 heteroatoms. The molecule has 0 unspecified atom stereocenters. The summed E-state index contributed by atoms with van der Waals surface area (Å²) in [4.78, 5) is 13.1. The molecule has 0 bridgehead atoms. The van der Waals surface area contributed by atoms with E-state index in [1.807, 2.05) is 0 Å². The first-order valence-electron chi connectivity index (χ1n) is 14.2. The standard InChI is InChI=1S/C30H44N2O6/c1-2-3-4-5-6-7-8-9-10-11-12-13-14-15-16-17-22(33)32-25-24(26(34)28(36)29(37)27(25)35)23(30(32)38)21-18-19-31-20-21/h6-7,9-10,21,31,34-38H,2-5,8,11-20H2,1H3/b7-6-,10-9-/t21-/m1/s1. The molecule has 210 valence electrons. The molecule has 8 nitrogen and oxygen atoms in total. The largest absolute Gasteiger partial charge is 0.504 e. The number of carbonyl (C=O) groups excluding carboxylic acids is 1. The fraction of sp³-hybridized carbons (Fsp3) is 0.567. The number of phenolic OH excluding ortho intramolecular Hbond substituents is 4. The number of phenols is 4. The Bertz CT molecular complexity index is 1130. The molecule has 0 aliphatic carbocycles. The second-order valence-corrected chi connectivity index (χ2v) is 10.3. The van der Waals surface area contributed by atoms with Gasteiger partial charge in [-0.3, -0.25) is 4.79 Å². The van der Waals surface area contributed by atoms with Crippen LogP contribution in [0.25, 0.3) is 10.9 Å². The molecule has 38 heavy (non-hydrogen) atoms. The average molecular weight is 529 g/mol. The lowest BCUT2D eigenvalue weighted by molar-refractivity contribution is 0.0894. The minimum Gasteiger partial charge on any atom is -0.504 e. The van der Waals surface area contributed by atoms with Gasteiger partial charge in [-0.2, -0.15) is 0 Å². The van der Waals surface area contributed by atoms with Crippen LogP contribution in [0.2, 0.25) is 0 Å². The van der Waals surface area contributed by atoms with Gasteiger partial charge >= 0.3 is 0 Å². The van der Waals surface area contributed by atoms with Crippen molar-refractivity contribution in [2.75, 3.05) is 13.1 Å². The molecule has 6 N–H and O–H groups in total. The Kier molecular flexibility index (Phi) is 11.4. The lowest BCUT2D eigenvalue weighted by Crippen LogP contribution is -2.11. The average Bonchev–Trinajstić information content (AvgIpc) is 3.54. The summed E-state index contributed by atoms with van der Waals surface area (Å²) in [5, 5.41) is 55.5. The molecule has 1 aliphatic heterocycles. The van der Waals surface area contributed by atoms with Gasteiger partial charge in [0, 0.05) is 24.4 Å². The van der Waals surface area contributed by atoms with Gasteiger partial charge in [-0.05, 0) is 51.5 Å². The second-order valence-electron chi connectivity index (χ2n) is 10.3. The molecule has 2 aromatic rings. The van der Waals surface area contributed by atoms with Crippen LogP contribution in [0.3, 0.4) is 0 Å². The summed E-state index contributed by atoms with van der Waals surface area (Å²) in [6.45, 7) is 3.44. The first kappa shape index (κ1) is 29.4. The van der Waals surface area contributed by atoms with E-state index < -0.39 is 28.9 Å². The van der Waals surface area contributed by atoms with Crippen LogP contribution in [0, 0.1) is 0 Å². The number of nitrogens with zero attached hydrogens (tertiary/aromatic N) is 1. The normalized spacial score (nSPS) is 16.0. The zero-order valence-electron chi connectivity index (χ0n) is 22.6. The van der Waals surface area contributed by atoms with Crippen LogP contribution in [0.5, 0.6) is 28.9 Å². The molecule has 0 amide bonds. The van der Waals surface area contributed by atoms with Crippen LogP contribution < -0.4 is 5.32 Å². The molecule has 0 radical (unpaired) electrons. The van der Waals surface area contributed by atoms with Crippen molar-refractivity contribution < 1.29 is 30.3 Å². The van der Waals surface area contributed by atoms with Crippen molar-refractivity contribution in [2.45, 2.75) is 96.3 Å². The molecule has 1 saturated heterocycles. The topological polar surface area (TPSA) is 135 Å². The van der Waals surface area contributed by atoms with Crippen LogP contribution in [-0.2, 0) is 0 Å². The summed E-state index contributed by atoms with van der Waals surface area (Å²) in [5.74, 6) is -4.20. The predicted octanol–water partition coefficient (Wildman–Crippen LogP) is 6.70. The van der Waals surface area contributed by atoms with E-state index in [1.165, 1.54) is 25.7 Å². The van der Waals surface area contributed by atoms with Gasteiger partial charge in [0.1, 0.15) is 5.52 Å². The number of benzene rings is 1. The van der Waals surface area contributed by atoms with Crippen LogP contribution in [0.4, 0.5) is 0 Å². The van der Waals surface area contributed by atoms with Crippen molar-refractivity contribution in [3.05, 3.63) is 29.9 Å². The van der Waals surface area contributed by atoms with Gasteiger partial charge in [0.2, 0.25) is 23.3 Å². The number of aromatic nitrogens is 1. The Morgan fingerprint density at radius 2 is 1.47 bits per heavy atom. The third kappa shape index (κ3) is 7.04. The maximum absolute atomic E-state index is 13.1. The molecule has 1 fully saturated rings. The van der Waals surface area contributed by atoms with E-state index in [4.69, 9.17) is 0 Å². The Hall–Kier alpha value is -3.13. The highest BCUT2D eigenvalue weighted by atomic mass is 16.3. The van der Waals surface area contributed by atoms with Crippen molar-refractivity contribution in [3.8, 4) is 28.9 Å².